The van der Waals surface area contributed by atoms with E-state index in [9.17, 15) is 0 Å². The summed E-state index contributed by atoms with van der Waals surface area (Å²) in [5.74, 6) is 0. The summed E-state index contributed by atoms with van der Waals surface area (Å²) in [4.78, 5) is 6.82. The van der Waals surface area contributed by atoms with Gasteiger partial charge in [-0.2, -0.15) is 0 Å². The highest BCUT2D eigenvalue weighted by molar-refractivity contribution is 7.80. The molecule has 0 spiro atoms. The van der Waals surface area contributed by atoms with Crippen LogP contribution in [0.4, 0.5) is 0 Å². The van der Waals surface area contributed by atoms with Crippen LogP contribution in [0, 0.1) is 13.8 Å². The highest BCUT2D eigenvalue weighted by atomic mass is 35.5. The lowest BCUT2D eigenvalue weighted by Crippen LogP contribution is -2.29. The summed E-state index contributed by atoms with van der Waals surface area (Å²) in [6, 6.07) is 13.8. The minimum atomic E-state index is -0.0155. The molecule has 2 atom stereocenters. The third kappa shape index (κ3) is 3.52. The summed E-state index contributed by atoms with van der Waals surface area (Å²) < 4.78 is 2.18. The highest BCUT2D eigenvalue weighted by Crippen LogP contribution is 2.41. The van der Waals surface area contributed by atoms with Crippen LogP contribution in [0.15, 0.2) is 48.7 Å². The Bertz CT molecular complexity index is 1060. The maximum atomic E-state index is 6.52. The molecule has 150 valence electrons. The van der Waals surface area contributed by atoms with Crippen LogP contribution < -0.4 is 5.32 Å². The van der Waals surface area contributed by atoms with Gasteiger partial charge in [-0.3, -0.25) is 4.98 Å². The number of nitrogens with one attached hydrogen (secondary N) is 1. The summed E-state index contributed by atoms with van der Waals surface area (Å²) >= 11 is 18.3. The zero-order valence-electron chi connectivity index (χ0n) is 16.5. The molecular formula is C22H22Cl2N4S. The molecule has 0 unspecified atom stereocenters. The van der Waals surface area contributed by atoms with Crippen LogP contribution in [-0.4, -0.2) is 26.1 Å². The number of likely N-dealkylation sites (N-methyl/N-ethyl adjacent to an activating group) is 1. The molecule has 29 heavy (non-hydrogen) atoms. The average Bonchev–Trinajstić information content (AvgIpc) is 3.18. The molecule has 0 saturated carbocycles. The number of hydrogen-bond donors (Lipinski definition) is 1. The van der Waals surface area contributed by atoms with Crippen LogP contribution in [0.2, 0.25) is 10.0 Å². The van der Waals surface area contributed by atoms with E-state index < -0.39 is 0 Å². The Kier molecular flexibility index (Phi) is 5.56. The molecule has 4 rings (SSSR count). The van der Waals surface area contributed by atoms with Gasteiger partial charge in [-0.05, 0) is 75.0 Å². The van der Waals surface area contributed by atoms with Crippen molar-refractivity contribution in [2.45, 2.75) is 32.9 Å². The van der Waals surface area contributed by atoms with Crippen LogP contribution in [0.3, 0.4) is 0 Å². The maximum Gasteiger partial charge on any atom is 0.170 e. The third-order valence-corrected chi connectivity index (χ3v) is 6.37. The number of benzene rings is 1. The van der Waals surface area contributed by atoms with Gasteiger partial charge in [0.15, 0.2) is 5.11 Å². The second-order valence-corrected chi connectivity index (χ2v) is 8.40. The third-order valence-electron chi connectivity index (χ3n) is 5.48. The molecule has 1 aliphatic rings. The van der Waals surface area contributed by atoms with Gasteiger partial charge in [0.25, 0.3) is 0 Å². The normalized spacial score (nSPS) is 18.9. The molecule has 0 bridgehead atoms. The SMILES string of the molecule is CCN1C(=S)N[C@@H](c2ccccn2)[C@@H]1c1cc(C)n(-c2ccc(Cl)cc2Cl)c1C. The predicted octanol–water partition coefficient (Wildman–Crippen LogP) is 5.79. The monoisotopic (exact) mass is 444 g/mol. The summed E-state index contributed by atoms with van der Waals surface area (Å²) in [7, 11) is 0. The Morgan fingerprint density at radius 2 is 1.93 bits per heavy atom. The smallest absolute Gasteiger partial charge is 0.170 e. The molecule has 4 nitrogen and oxygen atoms in total. The Balaban J connectivity index is 1.85. The van der Waals surface area contributed by atoms with Gasteiger partial charge < -0.3 is 14.8 Å². The lowest BCUT2D eigenvalue weighted by atomic mass is 9.97. The first kappa shape index (κ1) is 20.2. The molecule has 7 heteroatoms. The fourth-order valence-corrected chi connectivity index (χ4v) is 5.07. The molecular weight excluding hydrogens is 423 g/mol. The van der Waals surface area contributed by atoms with Crippen molar-refractivity contribution in [1.29, 1.82) is 0 Å². The van der Waals surface area contributed by atoms with Crippen molar-refractivity contribution >= 4 is 40.5 Å². The van der Waals surface area contributed by atoms with Crippen molar-refractivity contribution in [1.82, 2.24) is 19.8 Å². The van der Waals surface area contributed by atoms with Crippen molar-refractivity contribution in [2.75, 3.05) is 6.54 Å². The largest absolute Gasteiger partial charge is 0.352 e. The topological polar surface area (TPSA) is 33.1 Å². The van der Waals surface area contributed by atoms with Crippen LogP contribution in [-0.2, 0) is 0 Å². The summed E-state index contributed by atoms with van der Waals surface area (Å²) in [6.07, 6.45) is 1.82. The molecule has 0 amide bonds. The Morgan fingerprint density at radius 1 is 1.14 bits per heavy atom. The number of thiocarbonyl (C=S) groups is 1. The molecule has 3 aromatic rings. The number of hydrogen-bond acceptors (Lipinski definition) is 2. The van der Waals surface area contributed by atoms with E-state index >= 15 is 0 Å². The quantitative estimate of drug-likeness (QED) is 0.516. The molecule has 1 fully saturated rings. The van der Waals surface area contributed by atoms with E-state index in [0.717, 1.165) is 34.4 Å². The first-order valence-electron chi connectivity index (χ1n) is 9.54. The second-order valence-electron chi connectivity index (χ2n) is 7.17. The van der Waals surface area contributed by atoms with Crippen molar-refractivity contribution in [3.05, 3.63) is 81.4 Å². The lowest BCUT2D eigenvalue weighted by Gasteiger charge is -2.27. The standard InChI is InChI=1S/C22H22Cl2N4S/c1-4-27-21(20(26-22(27)29)18-7-5-6-10-25-18)16-11-13(2)28(14(16)3)19-9-8-15(23)12-17(19)24/h5-12,20-21H,4H2,1-3H3,(H,26,29)/t20-,21-/m0/s1. The molecule has 1 N–H and O–H groups in total. The van der Waals surface area contributed by atoms with Crippen LogP contribution in [0.5, 0.6) is 0 Å². The summed E-state index contributed by atoms with van der Waals surface area (Å²) in [5, 5.41) is 5.48. The Morgan fingerprint density at radius 3 is 2.59 bits per heavy atom. The fraction of sp³-hybridized carbons (Fsp3) is 0.273. The van der Waals surface area contributed by atoms with Crippen LogP contribution >= 0.6 is 35.4 Å². The zero-order valence-corrected chi connectivity index (χ0v) is 18.8. The summed E-state index contributed by atoms with van der Waals surface area (Å²) in [6.45, 7) is 7.15. The zero-order chi connectivity index (χ0) is 20.7. The van der Waals surface area contributed by atoms with Gasteiger partial charge in [0.1, 0.15) is 0 Å². The van der Waals surface area contributed by atoms with E-state index in [1.807, 2.05) is 36.5 Å². The van der Waals surface area contributed by atoms with Crippen LogP contribution in [0.25, 0.3) is 5.69 Å². The Hall–Kier alpha value is -2.08. The van der Waals surface area contributed by atoms with Gasteiger partial charge in [0.05, 0.1) is 28.5 Å². The fourth-order valence-electron chi connectivity index (χ4n) is 4.20. The van der Waals surface area contributed by atoms with E-state index in [1.165, 1.54) is 5.56 Å². The van der Waals surface area contributed by atoms with Gasteiger partial charge in [0.2, 0.25) is 0 Å². The second kappa shape index (κ2) is 7.98. The number of aromatic nitrogens is 2. The van der Waals surface area contributed by atoms with E-state index in [-0.39, 0.29) is 12.1 Å². The van der Waals surface area contributed by atoms with E-state index in [2.05, 4.69) is 46.6 Å². The highest BCUT2D eigenvalue weighted by Gasteiger charge is 2.40. The number of pyridine rings is 1. The number of nitrogens with zero attached hydrogens (tertiary/aromatic N) is 3. The maximum absolute atomic E-state index is 6.52. The van der Waals surface area contributed by atoms with Gasteiger partial charge in [-0.1, -0.05) is 29.3 Å². The summed E-state index contributed by atoms with van der Waals surface area (Å²) in [5.41, 5.74) is 5.34. The van der Waals surface area contributed by atoms with Crippen molar-refractivity contribution in [2.24, 2.45) is 0 Å². The first-order valence-corrected chi connectivity index (χ1v) is 10.7. The molecule has 0 aliphatic carbocycles. The van der Waals surface area contributed by atoms with Crippen molar-refractivity contribution in [3.8, 4) is 5.69 Å². The van der Waals surface area contributed by atoms with E-state index in [0.29, 0.717) is 10.0 Å². The predicted molar refractivity (Wildman–Crippen MR) is 123 cm³/mol. The van der Waals surface area contributed by atoms with Crippen molar-refractivity contribution < 1.29 is 0 Å². The molecule has 0 radical (unpaired) electrons. The van der Waals surface area contributed by atoms with E-state index in [4.69, 9.17) is 35.4 Å². The number of rotatable bonds is 4. The van der Waals surface area contributed by atoms with Crippen molar-refractivity contribution in [3.63, 3.8) is 0 Å². The minimum Gasteiger partial charge on any atom is -0.352 e. The van der Waals surface area contributed by atoms with Gasteiger partial charge >= 0.3 is 0 Å². The first-order chi connectivity index (χ1) is 13.9. The van der Waals surface area contributed by atoms with Crippen LogP contribution in [0.1, 0.15) is 41.7 Å². The average molecular weight is 445 g/mol. The Labute approximate surface area is 186 Å². The van der Waals surface area contributed by atoms with E-state index in [1.54, 1.807) is 6.07 Å². The van der Waals surface area contributed by atoms with Gasteiger partial charge in [-0.25, -0.2) is 0 Å². The molecule has 3 heterocycles. The molecule has 1 aromatic carbocycles. The van der Waals surface area contributed by atoms with Gasteiger partial charge in [-0.15, -0.1) is 0 Å². The molecule has 1 saturated heterocycles. The molecule has 1 aliphatic heterocycles. The number of halogens is 2. The number of aryl methyl sites for hydroxylation is 1. The minimum absolute atomic E-state index is 0.0155. The van der Waals surface area contributed by atoms with Gasteiger partial charge in [0, 0.05) is 29.2 Å². The lowest BCUT2D eigenvalue weighted by molar-refractivity contribution is 0.329. The molecule has 2 aromatic heterocycles.